The lowest BCUT2D eigenvalue weighted by Gasteiger charge is -2.35. The minimum absolute atomic E-state index is 0.0915. The number of hydrogen-bond acceptors (Lipinski definition) is 9. The van der Waals surface area contributed by atoms with Gasteiger partial charge in [-0.3, -0.25) is 4.79 Å². The maximum absolute atomic E-state index is 13.6. The van der Waals surface area contributed by atoms with Crippen LogP contribution >= 0.6 is 0 Å². The molecule has 0 bridgehead atoms. The fourth-order valence-corrected chi connectivity index (χ4v) is 3.66. The van der Waals surface area contributed by atoms with E-state index >= 15 is 0 Å². The Bertz CT molecular complexity index is 1190. The predicted molar refractivity (Wildman–Crippen MR) is 132 cm³/mol. The normalized spacial score (nSPS) is 19.7. The van der Waals surface area contributed by atoms with Crippen LogP contribution in [-0.2, 0) is 14.3 Å². The monoisotopic (exact) mass is 514 g/mol. The van der Waals surface area contributed by atoms with Crippen LogP contribution in [0.1, 0.15) is 19.0 Å². The number of likely N-dealkylation sites (N-methyl/N-ethyl adjacent to an activating group) is 1. The zero-order valence-electron chi connectivity index (χ0n) is 21.0. The van der Waals surface area contributed by atoms with Crippen LogP contribution < -0.4 is 10.1 Å². The number of rotatable bonds is 10. The molecule has 11 nitrogen and oxygen atoms in total. The summed E-state index contributed by atoms with van der Waals surface area (Å²) in [5.74, 6) is -0.256. The van der Waals surface area contributed by atoms with Crippen LogP contribution in [0.3, 0.4) is 0 Å². The van der Waals surface area contributed by atoms with Gasteiger partial charge in [-0.1, -0.05) is 0 Å². The van der Waals surface area contributed by atoms with Crippen LogP contribution in [0.4, 0.5) is 4.39 Å². The zero-order chi connectivity index (χ0) is 26.4. The molecule has 1 amide bonds. The lowest BCUT2D eigenvalue weighted by atomic mass is 9.91. The second-order valence-electron chi connectivity index (χ2n) is 9.22. The molecular weight excluding hydrogens is 483 g/mol. The quantitative estimate of drug-likeness (QED) is 0.370. The molecule has 1 fully saturated rings. The smallest absolute Gasteiger partial charge is 0.316 e. The standard InChI is InChI=1S/C25H31FN6O5/c1-25(23(34)27-10-12-33)14-36-22(37-15-25)21-30-19(16-4-6-17(26)7-5-16)20(31-21)18-8-9-28-24(29-18)35-13-11-32(2)3/h4-9,22,33H,10-15H2,1-3H3,(H,27,34)(H,30,31). The van der Waals surface area contributed by atoms with Crippen molar-refractivity contribution >= 4 is 5.91 Å². The molecule has 4 rings (SSSR count). The molecule has 0 radical (unpaired) electrons. The lowest BCUT2D eigenvalue weighted by molar-refractivity contribution is -0.231. The Hall–Kier alpha value is -3.45. The predicted octanol–water partition coefficient (Wildman–Crippen LogP) is 1.77. The number of H-pyrrole nitrogens is 1. The molecule has 37 heavy (non-hydrogen) atoms. The SMILES string of the molecule is CN(C)CCOc1nccc(-c2[nH]c(C3OCC(C)(C(=O)NCCO)CO3)nc2-c2ccc(F)cc2)n1. The van der Waals surface area contributed by atoms with Crippen molar-refractivity contribution in [2.24, 2.45) is 5.41 Å². The highest BCUT2D eigenvalue weighted by atomic mass is 19.1. The van der Waals surface area contributed by atoms with Crippen LogP contribution in [0.25, 0.3) is 22.6 Å². The number of halogens is 1. The Morgan fingerprint density at radius 3 is 2.65 bits per heavy atom. The van der Waals surface area contributed by atoms with E-state index in [9.17, 15) is 9.18 Å². The first kappa shape index (κ1) is 26.6. The molecule has 3 heterocycles. The van der Waals surface area contributed by atoms with Gasteiger partial charge in [-0.15, -0.1) is 0 Å². The number of amides is 1. The van der Waals surface area contributed by atoms with Crippen molar-refractivity contribution in [3.8, 4) is 28.7 Å². The molecule has 1 saturated heterocycles. The first-order chi connectivity index (χ1) is 17.8. The Morgan fingerprint density at radius 1 is 1.24 bits per heavy atom. The summed E-state index contributed by atoms with van der Waals surface area (Å²) in [5.41, 5.74) is 1.36. The summed E-state index contributed by atoms with van der Waals surface area (Å²) in [6.07, 6.45) is 0.732. The largest absolute Gasteiger partial charge is 0.462 e. The summed E-state index contributed by atoms with van der Waals surface area (Å²) < 4.78 is 31.1. The van der Waals surface area contributed by atoms with Gasteiger partial charge in [-0.25, -0.2) is 14.4 Å². The first-order valence-electron chi connectivity index (χ1n) is 11.9. The number of nitrogens with one attached hydrogen (secondary N) is 2. The molecule has 2 aromatic heterocycles. The number of nitrogens with zero attached hydrogens (tertiary/aromatic N) is 4. The van der Waals surface area contributed by atoms with Gasteiger partial charge in [-0.2, -0.15) is 4.98 Å². The average molecular weight is 515 g/mol. The molecule has 0 saturated carbocycles. The van der Waals surface area contributed by atoms with Gasteiger partial charge in [0, 0.05) is 24.8 Å². The maximum atomic E-state index is 13.6. The number of aromatic amines is 1. The van der Waals surface area contributed by atoms with E-state index in [2.05, 4.69) is 20.3 Å². The molecule has 3 N–H and O–H groups in total. The van der Waals surface area contributed by atoms with Gasteiger partial charge in [0.25, 0.3) is 0 Å². The highest BCUT2D eigenvalue weighted by Gasteiger charge is 2.40. The number of carbonyl (C=O) groups is 1. The van der Waals surface area contributed by atoms with Crippen molar-refractivity contribution in [1.82, 2.24) is 30.2 Å². The van der Waals surface area contributed by atoms with Crippen LogP contribution in [-0.4, -0.2) is 89.5 Å². The van der Waals surface area contributed by atoms with Crippen LogP contribution in [0.5, 0.6) is 6.01 Å². The topological polar surface area (TPSA) is 135 Å². The molecule has 3 aromatic rings. The van der Waals surface area contributed by atoms with Crippen LogP contribution in [0, 0.1) is 11.2 Å². The third-order valence-corrected chi connectivity index (χ3v) is 5.77. The van der Waals surface area contributed by atoms with Gasteiger partial charge in [0.2, 0.25) is 12.2 Å². The molecule has 198 valence electrons. The number of hydrogen-bond donors (Lipinski definition) is 3. The number of aromatic nitrogens is 4. The molecule has 0 aliphatic carbocycles. The second kappa shape index (κ2) is 11.7. The van der Waals surface area contributed by atoms with Gasteiger partial charge in [0.1, 0.15) is 12.4 Å². The van der Waals surface area contributed by atoms with Gasteiger partial charge >= 0.3 is 6.01 Å². The van der Waals surface area contributed by atoms with Crippen molar-refractivity contribution in [3.63, 3.8) is 0 Å². The summed E-state index contributed by atoms with van der Waals surface area (Å²) in [7, 11) is 3.89. The fraction of sp³-hybridized carbons (Fsp3) is 0.440. The van der Waals surface area contributed by atoms with E-state index in [-0.39, 0.29) is 44.1 Å². The van der Waals surface area contributed by atoms with E-state index in [0.29, 0.717) is 41.6 Å². The molecule has 12 heteroatoms. The van der Waals surface area contributed by atoms with Crippen LogP contribution in [0.15, 0.2) is 36.5 Å². The zero-order valence-corrected chi connectivity index (χ0v) is 21.0. The highest BCUT2D eigenvalue weighted by Crippen LogP contribution is 2.35. The summed E-state index contributed by atoms with van der Waals surface area (Å²) in [5, 5.41) is 11.6. The third kappa shape index (κ3) is 6.46. The Balaban J connectivity index is 1.60. The number of aliphatic hydroxyl groups excluding tert-OH is 1. The number of aliphatic hydroxyl groups is 1. The highest BCUT2D eigenvalue weighted by molar-refractivity contribution is 5.82. The van der Waals surface area contributed by atoms with Crippen molar-refractivity contribution in [1.29, 1.82) is 0 Å². The average Bonchev–Trinajstić information content (AvgIpc) is 3.33. The minimum Gasteiger partial charge on any atom is -0.462 e. The summed E-state index contributed by atoms with van der Waals surface area (Å²) in [4.78, 5) is 31.1. The summed E-state index contributed by atoms with van der Waals surface area (Å²) >= 11 is 0. The van der Waals surface area contributed by atoms with Crippen molar-refractivity contribution in [3.05, 3.63) is 48.2 Å². The molecule has 1 aliphatic heterocycles. The Labute approximate surface area is 214 Å². The van der Waals surface area contributed by atoms with E-state index in [0.717, 1.165) is 0 Å². The number of ether oxygens (including phenoxy) is 3. The Kier molecular flexibility index (Phi) is 8.44. The molecule has 0 unspecified atom stereocenters. The summed E-state index contributed by atoms with van der Waals surface area (Å²) in [6, 6.07) is 7.89. The second-order valence-corrected chi connectivity index (χ2v) is 9.22. The lowest BCUT2D eigenvalue weighted by Crippen LogP contribution is -2.49. The maximum Gasteiger partial charge on any atom is 0.316 e. The van der Waals surface area contributed by atoms with Gasteiger partial charge in [0.15, 0.2) is 5.82 Å². The first-order valence-corrected chi connectivity index (χ1v) is 11.9. The van der Waals surface area contributed by atoms with Gasteiger partial charge < -0.3 is 34.5 Å². The number of imidazole rings is 1. The molecule has 0 atom stereocenters. The summed E-state index contributed by atoms with van der Waals surface area (Å²) in [6.45, 7) is 3.04. The fourth-order valence-electron chi connectivity index (χ4n) is 3.66. The molecule has 0 spiro atoms. The van der Waals surface area contributed by atoms with Crippen molar-refractivity contribution < 1.29 is 28.5 Å². The van der Waals surface area contributed by atoms with E-state index in [1.54, 1.807) is 31.3 Å². The molecule has 1 aliphatic rings. The van der Waals surface area contributed by atoms with E-state index in [4.69, 9.17) is 24.3 Å². The third-order valence-electron chi connectivity index (χ3n) is 5.77. The van der Waals surface area contributed by atoms with Gasteiger partial charge in [0.05, 0.1) is 42.3 Å². The molecular formula is C25H31FN6O5. The number of benzene rings is 1. The van der Waals surface area contributed by atoms with E-state index < -0.39 is 11.7 Å². The van der Waals surface area contributed by atoms with E-state index in [1.807, 2.05) is 19.0 Å². The van der Waals surface area contributed by atoms with Gasteiger partial charge in [-0.05, 0) is 51.4 Å². The van der Waals surface area contributed by atoms with Crippen molar-refractivity contribution in [2.45, 2.75) is 13.2 Å². The number of carbonyl (C=O) groups excluding carboxylic acids is 1. The van der Waals surface area contributed by atoms with E-state index in [1.165, 1.54) is 12.1 Å². The molecule has 1 aromatic carbocycles. The Morgan fingerprint density at radius 2 is 1.97 bits per heavy atom. The van der Waals surface area contributed by atoms with Crippen molar-refractivity contribution in [2.75, 3.05) is 53.6 Å². The van der Waals surface area contributed by atoms with Crippen LogP contribution in [0.2, 0.25) is 0 Å². The minimum atomic E-state index is -0.910.